The van der Waals surface area contributed by atoms with Crippen molar-refractivity contribution in [3.05, 3.63) is 0 Å². The van der Waals surface area contributed by atoms with Crippen LogP contribution < -0.4 is 5.32 Å². The number of aliphatic hydroxyl groups is 1. The normalized spacial score (nSPS) is 12.9. The van der Waals surface area contributed by atoms with Crippen LogP contribution in [0.15, 0.2) is 0 Å². The second-order valence-corrected chi connectivity index (χ2v) is 5.30. The van der Waals surface area contributed by atoms with Crippen LogP contribution in [0, 0.1) is 5.92 Å². The third-order valence-electron chi connectivity index (χ3n) is 3.30. The fraction of sp³-hybridized carbons (Fsp3) is 1.00. The highest BCUT2D eigenvalue weighted by molar-refractivity contribution is 4.58. The Morgan fingerprint density at radius 3 is 2.35 bits per heavy atom. The standard InChI is InChI=1S/C15H33NO/c1-3-4-5-6-8-11-15(2)14-16-12-9-7-10-13-17/h15-17H,3-14H2,1-2H3. The molecule has 0 bridgehead atoms. The Bertz CT molecular complexity index is 139. The van der Waals surface area contributed by atoms with E-state index >= 15 is 0 Å². The van der Waals surface area contributed by atoms with Gasteiger partial charge in [0.15, 0.2) is 0 Å². The largest absolute Gasteiger partial charge is 0.396 e. The summed E-state index contributed by atoms with van der Waals surface area (Å²) < 4.78 is 0. The molecule has 0 fully saturated rings. The molecule has 0 aliphatic carbocycles. The van der Waals surface area contributed by atoms with E-state index < -0.39 is 0 Å². The summed E-state index contributed by atoms with van der Waals surface area (Å²) in [5.74, 6) is 0.814. The van der Waals surface area contributed by atoms with Gasteiger partial charge in [0.2, 0.25) is 0 Å². The fourth-order valence-corrected chi connectivity index (χ4v) is 2.09. The van der Waals surface area contributed by atoms with Gasteiger partial charge in [0.05, 0.1) is 0 Å². The Morgan fingerprint density at radius 2 is 1.65 bits per heavy atom. The van der Waals surface area contributed by atoms with Gasteiger partial charge in [-0.1, -0.05) is 46.0 Å². The van der Waals surface area contributed by atoms with Crippen molar-refractivity contribution < 1.29 is 5.11 Å². The number of rotatable bonds is 13. The van der Waals surface area contributed by atoms with E-state index in [1.165, 1.54) is 44.9 Å². The van der Waals surface area contributed by atoms with Crippen LogP contribution in [0.1, 0.15) is 71.6 Å². The summed E-state index contributed by atoms with van der Waals surface area (Å²) in [5.41, 5.74) is 0. The van der Waals surface area contributed by atoms with Crippen LogP contribution in [0.3, 0.4) is 0 Å². The lowest BCUT2D eigenvalue weighted by Crippen LogP contribution is -2.22. The van der Waals surface area contributed by atoms with Crippen molar-refractivity contribution in [2.75, 3.05) is 19.7 Å². The molecule has 0 saturated carbocycles. The van der Waals surface area contributed by atoms with E-state index in [1.807, 2.05) is 0 Å². The first kappa shape index (κ1) is 16.9. The minimum absolute atomic E-state index is 0.341. The number of unbranched alkanes of at least 4 members (excludes halogenated alkanes) is 6. The highest BCUT2D eigenvalue weighted by Gasteiger charge is 2.01. The van der Waals surface area contributed by atoms with E-state index in [1.54, 1.807) is 0 Å². The average Bonchev–Trinajstić information content (AvgIpc) is 2.33. The van der Waals surface area contributed by atoms with Crippen molar-refractivity contribution in [2.24, 2.45) is 5.92 Å². The molecule has 0 aliphatic heterocycles. The molecule has 0 radical (unpaired) electrons. The number of hydrogen-bond donors (Lipinski definition) is 2. The maximum Gasteiger partial charge on any atom is 0.0431 e. The molecule has 2 N–H and O–H groups in total. The summed E-state index contributed by atoms with van der Waals surface area (Å²) in [6, 6.07) is 0. The Morgan fingerprint density at radius 1 is 0.941 bits per heavy atom. The Kier molecular flexibility index (Phi) is 13.9. The Labute approximate surface area is 108 Å². The lowest BCUT2D eigenvalue weighted by atomic mass is 10.0. The van der Waals surface area contributed by atoms with Gasteiger partial charge >= 0.3 is 0 Å². The lowest BCUT2D eigenvalue weighted by Gasteiger charge is -2.12. The monoisotopic (exact) mass is 243 g/mol. The van der Waals surface area contributed by atoms with Gasteiger partial charge in [0.25, 0.3) is 0 Å². The summed E-state index contributed by atoms with van der Waals surface area (Å²) in [7, 11) is 0. The van der Waals surface area contributed by atoms with Crippen molar-refractivity contribution in [1.29, 1.82) is 0 Å². The molecule has 2 heteroatoms. The molecule has 0 saturated heterocycles. The molecule has 0 aromatic heterocycles. The van der Waals surface area contributed by atoms with Crippen molar-refractivity contribution in [1.82, 2.24) is 5.32 Å². The van der Waals surface area contributed by atoms with Crippen LogP contribution in [-0.2, 0) is 0 Å². The molecule has 1 atom stereocenters. The van der Waals surface area contributed by atoms with Crippen LogP contribution >= 0.6 is 0 Å². The van der Waals surface area contributed by atoms with E-state index in [2.05, 4.69) is 19.2 Å². The Hall–Kier alpha value is -0.0800. The highest BCUT2D eigenvalue weighted by atomic mass is 16.2. The molecule has 0 rings (SSSR count). The van der Waals surface area contributed by atoms with Crippen molar-refractivity contribution in [3.63, 3.8) is 0 Å². The van der Waals surface area contributed by atoms with Crippen LogP contribution in [0.2, 0.25) is 0 Å². The first-order valence-electron chi connectivity index (χ1n) is 7.62. The average molecular weight is 243 g/mol. The third-order valence-corrected chi connectivity index (χ3v) is 3.30. The van der Waals surface area contributed by atoms with Crippen LogP contribution in [0.5, 0.6) is 0 Å². The molecule has 1 unspecified atom stereocenters. The summed E-state index contributed by atoms with van der Waals surface area (Å²) >= 11 is 0. The van der Waals surface area contributed by atoms with E-state index in [-0.39, 0.29) is 0 Å². The zero-order valence-corrected chi connectivity index (χ0v) is 12.0. The van der Waals surface area contributed by atoms with Gasteiger partial charge in [0.1, 0.15) is 0 Å². The summed E-state index contributed by atoms with van der Waals surface area (Å²) in [6.07, 6.45) is 11.6. The molecule has 104 valence electrons. The molecular weight excluding hydrogens is 210 g/mol. The molecular formula is C15H33NO. The summed E-state index contributed by atoms with van der Waals surface area (Å²) in [4.78, 5) is 0. The van der Waals surface area contributed by atoms with Crippen molar-refractivity contribution in [3.8, 4) is 0 Å². The molecule has 0 aromatic rings. The maximum absolute atomic E-state index is 8.65. The highest BCUT2D eigenvalue weighted by Crippen LogP contribution is 2.10. The van der Waals surface area contributed by atoms with Gasteiger partial charge in [-0.3, -0.25) is 0 Å². The predicted molar refractivity (Wildman–Crippen MR) is 76.3 cm³/mol. The molecule has 2 nitrogen and oxygen atoms in total. The van der Waals surface area contributed by atoms with Gasteiger partial charge in [-0.15, -0.1) is 0 Å². The molecule has 17 heavy (non-hydrogen) atoms. The first-order chi connectivity index (χ1) is 8.31. The van der Waals surface area contributed by atoms with Gasteiger partial charge < -0.3 is 10.4 Å². The van der Waals surface area contributed by atoms with Gasteiger partial charge in [-0.25, -0.2) is 0 Å². The topological polar surface area (TPSA) is 32.3 Å². The zero-order valence-electron chi connectivity index (χ0n) is 12.0. The fourth-order valence-electron chi connectivity index (χ4n) is 2.09. The van der Waals surface area contributed by atoms with Crippen LogP contribution in [0.25, 0.3) is 0 Å². The van der Waals surface area contributed by atoms with E-state index in [4.69, 9.17) is 5.11 Å². The SMILES string of the molecule is CCCCCCCC(C)CNCCCCCO. The van der Waals surface area contributed by atoms with Crippen molar-refractivity contribution in [2.45, 2.75) is 71.6 Å². The lowest BCUT2D eigenvalue weighted by molar-refractivity contribution is 0.282. The summed E-state index contributed by atoms with van der Waals surface area (Å²) in [5, 5.41) is 12.2. The molecule has 0 aromatic carbocycles. The minimum atomic E-state index is 0.341. The van der Waals surface area contributed by atoms with Crippen molar-refractivity contribution >= 4 is 0 Å². The molecule has 0 amide bonds. The van der Waals surface area contributed by atoms with E-state index in [9.17, 15) is 0 Å². The Balaban J connectivity index is 3.09. The van der Waals surface area contributed by atoms with E-state index in [0.717, 1.165) is 31.8 Å². The second-order valence-electron chi connectivity index (χ2n) is 5.30. The minimum Gasteiger partial charge on any atom is -0.396 e. The summed E-state index contributed by atoms with van der Waals surface area (Å²) in [6.45, 7) is 7.23. The maximum atomic E-state index is 8.65. The van der Waals surface area contributed by atoms with Gasteiger partial charge in [-0.2, -0.15) is 0 Å². The van der Waals surface area contributed by atoms with Gasteiger partial charge in [0, 0.05) is 6.61 Å². The second kappa shape index (κ2) is 14.0. The molecule has 0 spiro atoms. The number of nitrogens with one attached hydrogen (secondary N) is 1. The smallest absolute Gasteiger partial charge is 0.0431 e. The molecule has 0 heterocycles. The zero-order chi connectivity index (χ0) is 12.8. The number of aliphatic hydroxyl groups excluding tert-OH is 1. The predicted octanol–water partition coefficient (Wildman–Crippen LogP) is 3.74. The molecule has 0 aliphatic rings. The third kappa shape index (κ3) is 13.9. The first-order valence-corrected chi connectivity index (χ1v) is 7.62. The van der Waals surface area contributed by atoms with Gasteiger partial charge in [-0.05, 0) is 44.7 Å². The van der Waals surface area contributed by atoms with Crippen LogP contribution in [0.4, 0.5) is 0 Å². The van der Waals surface area contributed by atoms with E-state index in [0.29, 0.717) is 6.61 Å². The quantitative estimate of drug-likeness (QED) is 0.483. The van der Waals surface area contributed by atoms with Crippen LogP contribution in [-0.4, -0.2) is 24.8 Å². The number of hydrogen-bond acceptors (Lipinski definition) is 2.